The van der Waals surface area contributed by atoms with Crippen molar-refractivity contribution in [1.29, 1.82) is 0 Å². The summed E-state index contributed by atoms with van der Waals surface area (Å²) in [5.74, 6) is 0.990. The predicted octanol–water partition coefficient (Wildman–Crippen LogP) is 2.83. The Labute approximate surface area is 138 Å². The molecule has 0 aliphatic heterocycles. The molecule has 124 valence electrons. The maximum absolute atomic E-state index is 12.8. The zero-order chi connectivity index (χ0) is 16.8. The molecule has 1 aromatic heterocycles. The van der Waals surface area contributed by atoms with Crippen molar-refractivity contribution in [3.8, 4) is 5.75 Å². The molecule has 2 N–H and O–H groups in total. The van der Waals surface area contributed by atoms with Gasteiger partial charge in [-0.15, -0.1) is 0 Å². The number of nitrogens with one attached hydrogen (secondary N) is 2. The molecule has 3 rings (SSSR count). The second-order valence-electron chi connectivity index (χ2n) is 5.35. The van der Waals surface area contributed by atoms with Crippen LogP contribution in [0.1, 0.15) is 12.2 Å². The topological polar surface area (TPSA) is 67.0 Å². The molecule has 6 heteroatoms. The largest absolute Gasteiger partial charge is 0.493 e. The summed E-state index contributed by atoms with van der Waals surface area (Å²) in [7, 11) is 0. The van der Waals surface area contributed by atoms with Gasteiger partial charge in [0.15, 0.2) is 0 Å². The van der Waals surface area contributed by atoms with Gasteiger partial charge >= 0.3 is 0 Å². The molecule has 2 aromatic carbocycles. The summed E-state index contributed by atoms with van der Waals surface area (Å²) < 4.78 is 18.1. The first-order chi connectivity index (χ1) is 11.7. The zero-order valence-electron chi connectivity index (χ0n) is 13.1. The second kappa shape index (κ2) is 7.59. The third kappa shape index (κ3) is 4.32. The molecule has 0 aliphatic rings. The van der Waals surface area contributed by atoms with Crippen LogP contribution in [0, 0.1) is 5.82 Å². The van der Waals surface area contributed by atoms with Crippen LogP contribution in [0.2, 0.25) is 0 Å². The van der Waals surface area contributed by atoms with Crippen molar-refractivity contribution in [2.45, 2.75) is 12.8 Å². The molecular formula is C18H18FN3O2. The molecule has 5 nitrogen and oxygen atoms in total. The van der Waals surface area contributed by atoms with Crippen LogP contribution >= 0.6 is 0 Å². The normalized spacial score (nSPS) is 10.7. The number of halogens is 1. The highest BCUT2D eigenvalue weighted by Crippen LogP contribution is 2.11. The summed E-state index contributed by atoms with van der Waals surface area (Å²) in [6.07, 6.45) is 0.886. The van der Waals surface area contributed by atoms with E-state index in [1.54, 1.807) is 0 Å². The summed E-state index contributed by atoms with van der Waals surface area (Å²) in [5, 5.41) is 2.83. The fourth-order valence-electron chi connectivity index (χ4n) is 2.33. The number of aromatic amines is 1. The zero-order valence-corrected chi connectivity index (χ0v) is 13.1. The van der Waals surface area contributed by atoms with Gasteiger partial charge in [-0.25, -0.2) is 9.37 Å². The predicted molar refractivity (Wildman–Crippen MR) is 89.3 cm³/mol. The summed E-state index contributed by atoms with van der Waals surface area (Å²) in [6, 6.07) is 13.5. The maximum atomic E-state index is 12.8. The average molecular weight is 327 g/mol. The van der Waals surface area contributed by atoms with Crippen molar-refractivity contribution in [2.24, 2.45) is 0 Å². The first kappa shape index (κ1) is 16.0. The molecule has 0 radical (unpaired) electrons. The van der Waals surface area contributed by atoms with E-state index >= 15 is 0 Å². The Morgan fingerprint density at radius 3 is 2.75 bits per heavy atom. The molecule has 0 atom stereocenters. The molecule has 0 saturated carbocycles. The Morgan fingerprint density at radius 2 is 1.96 bits per heavy atom. The Kier molecular flexibility index (Phi) is 5.05. The van der Waals surface area contributed by atoms with Gasteiger partial charge in [-0.3, -0.25) is 4.79 Å². The highest BCUT2D eigenvalue weighted by molar-refractivity contribution is 5.76. The SMILES string of the molecule is O=C(CCOc1ccc(F)cc1)NCCc1nc2ccccc2[nH]1. The van der Waals surface area contributed by atoms with E-state index in [0.29, 0.717) is 18.7 Å². The number of imidazole rings is 1. The number of para-hydroxylation sites is 2. The first-order valence-corrected chi connectivity index (χ1v) is 7.79. The van der Waals surface area contributed by atoms with Gasteiger partial charge in [0.2, 0.25) is 5.91 Å². The number of H-pyrrole nitrogens is 1. The molecule has 24 heavy (non-hydrogen) atoms. The first-order valence-electron chi connectivity index (χ1n) is 7.79. The van der Waals surface area contributed by atoms with Crippen LogP contribution in [0.5, 0.6) is 5.75 Å². The van der Waals surface area contributed by atoms with Crippen LogP contribution in [0.4, 0.5) is 4.39 Å². The summed E-state index contributed by atoms with van der Waals surface area (Å²) >= 11 is 0. The Hall–Kier alpha value is -2.89. The average Bonchev–Trinajstić information content (AvgIpc) is 2.99. The number of carbonyl (C=O) groups excluding carboxylic acids is 1. The van der Waals surface area contributed by atoms with E-state index in [4.69, 9.17) is 4.74 Å². The smallest absolute Gasteiger partial charge is 0.223 e. The molecule has 0 spiro atoms. The van der Waals surface area contributed by atoms with E-state index in [1.807, 2.05) is 24.3 Å². The number of benzene rings is 2. The van der Waals surface area contributed by atoms with E-state index in [9.17, 15) is 9.18 Å². The number of ether oxygens (including phenoxy) is 1. The van der Waals surface area contributed by atoms with Crippen LogP contribution in [0.15, 0.2) is 48.5 Å². The number of nitrogens with zero attached hydrogens (tertiary/aromatic N) is 1. The summed E-state index contributed by atoms with van der Waals surface area (Å²) in [6.45, 7) is 0.761. The van der Waals surface area contributed by atoms with Gasteiger partial charge in [-0.1, -0.05) is 12.1 Å². The Morgan fingerprint density at radius 1 is 1.17 bits per heavy atom. The highest BCUT2D eigenvalue weighted by Gasteiger charge is 2.05. The van der Waals surface area contributed by atoms with E-state index in [1.165, 1.54) is 24.3 Å². The fourth-order valence-corrected chi connectivity index (χ4v) is 2.33. The number of amides is 1. The standard InChI is InChI=1S/C18H18FN3O2/c19-13-5-7-14(8-6-13)24-12-10-18(23)20-11-9-17-21-15-3-1-2-4-16(15)22-17/h1-8H,9-12H2,(H,20,23)(H,21,22). The second-order valence-corrected chi connectivity index (χ2v) is 5.35. The Bertz CT molecular complexity index is 782. The lowest BCUT2D eigenvalue weighted by atomic mass is 10.3. The third-order valence-corrected chi connectivity index (χ3v) is 3.53. The van der Waals surface area contributed by atoms with Crippen molar-refractivity contribution in [2.75, 3.05) is 13.2 Å². The quantitative estimate of drug-likeness (QED) is 0.701. The van der Waals surface area contributed by atoms with Crippen LogP contribution in [-0.2, 0) is 11.2 Å². The maximum Gasteiger partial charge on any atom is 0.223 e. The number of carbonyl (C=O) groups is 1. The van der Waals surface area contributed by atoms with E-state index in [-0.39, 0.29) is 24.8 Å². The van der Waals surface area contributed by atoms with Crippen molar-refractivity contribution < 1.29 is 13.9 Å². The molecule has 0 bridgehead atoms. The van der Waals surface area contributed by atoms with Gasteiger partial charge in [0.1, 0.15) is 17.4 Å². The minimum Gasteiger partial charge on any atom is -0.493 e. The van der Waals surface area contributed by atoms with Gasteiger partial charge in [-0.2, -0.15) is 0 Å². The van der Waals surface area contributed by atoms with Crippen molar-refractivity contribution in [1.82, 2.24) is 15.3 Å². The molecular weight excluding hydrogens is 309 g/mol. The monoisotopic (exact) mass is 327 g/mol. The van der Waals surface area contributed by atoms with E-state index < -0.39 is 0 Å². The lowest BCUT2D eigenvalue weighted by molar-refractivity contribution is -0.121. The number of fused-ring (bicyclic) bond motifs is 1. The minimum atomic E-state index is -0.314. The Balaban J connectivity index is 1.37. The molecule has 1 amide bonds. The molecule has 0 saturated heterocycles. The number of hydrogen-bond donors (Lipinski definition) is 2. The lowest BCUT2D eigenvalue weighted by Crippen LogP contribution is -2.27. The van der Waals surface area contributed by atoms with Crippen molar-refractivity contribution in [3.05, 3.63) is 60.2 Å². The third-order valence-electron chi connectivity index (χ3n) is 3.53. The number of rotatable bonds is 7. The van der Waals surface area contributed by atoms with Gasteiger partial charge in [0, 0.05) is 13.0 Å². The molecule has 0 aliphatic carbocycles. The van der Waals surface area contributed by atoms with Crippen LogP contribution in [0.25, 0.3) is 11.0 Å². The van der Waals surface area contributed by atoms with Crippen LogP contribution in [0.3, 0.4) is 0 Å². The fraction of sp³-hybridized carbons (Fsp3) is 0.222. The molecule has 1 heterocycles. The van der Waals surface area contributed by atoms with Gasteiger partial charge in [-0.05, 0) is 36.4 Å². The van der Waals surface area contributed by atoms with Crippen molar-refractivity contribution >= 4 is 16.9 Å². The summed E-state index contributed by atoms with van der Waals surface area (Å²) in [4.78, 5) is 19.4. The van der Waals surface area contributed by atoms with Crippen molar-refractivity contribution in [3.63, 3.8) is 0 Å². The van der Waals surface area contributed by atoms with Gasteiger partial charge in [0.25, 0.3) is 0 Å². The number of hydrogen-bond acceptors (Lipinski definition) is 3. The molecule has 0 fully saturated rings. The lowest BCUT2D eigenvalue weighted by Gasteiger charge is -2.06. The minimum absolute atomic E-state index is 0.0896. The van der Waals surface area contributed by atoms with Gasteiger partial charge in [0.05, 0.1) is 24.1 Å². The van der Waals surface area contributed by atoms with Gasteiger partial charge < -0.3 is 15.0 Å². The van der Waals surface area contributed by atoms with Crippen LogP contribution in [-0.4, -0.2) is 29.0 Å². The van der Waals surface area contributed by atoms with Crippen LogP contribution < -0.4 is 10.1 Å². The summed E-state index contributed by atoms with van der Waals surface area (Å²) in [5.41, 5.74) is 1.91. The highest BCUT2D eigenvalue weighted by atomic mass is 19.1. The molecule has 0 unspecified atom stereocenters. The van der Waals surface area contributed by atoms with E-state index in [2.05, 4.69) is 15.3 Å². The molecule has 3 aromatic rings. The number of aromatic nitrogens is 2. The van der Waals surface area contributed by atoms with E-state index in [0.717, 1.165) is 16.9 Å².